The first-order valence-corrected chi connectivity index (χ1v) is 4.35. The molecule has 0 saturated heterocycles. The summed E-state index contributed by atoms with van der Waals surface area (Å²) in [6.07, 6.45) is -4.74. The van der Waals surface area contributed by atoms with Gasteiger partial charge in [0, 0.05) is 7.05 Å². The van der Waals surface area contributed by atoms with Crippen molar-refractivity contribution in [2.45, 2.75) is 13.1 Å². The Balaban J connectivity index is 3.30. The molecule has 8 heteroatoms. The van der Waals surface area contributed by atoms with Crippen LogP contribution in [0.1, 0.15) is 23.0 Å². The number of halogens is 3. The van der Waals surface area contributed by atoms with Crippen molar-refractivity contribution in [1.82, 2.24) is 9.78 Å². The summed E-state index contributed by atoms with van der Waals surface area (Å²) >= 11 is 0. The molecule has 0 bridgehead atoms. The van der Waals surface area contributed by atoms with Crippen LogP contribution in [-0.2, 0) is 18.0 Å². The number of esters is 1. The van der Waals surface area contributed by atoms with Crippen molar-refractivity contribution in [2.24, 2.45) is 7.05 Å². The molecule has 0 atom stereocenters. The van der Waals surface area contributed by atoms with Crippen LogP contribution in [0.3, 0.4) is 0 Å². The smallest absolute Gasteiger partial charge is 0.436 e. The number of aryl methyl sites for hydroxylation is 1. The fourth-order valence-corrected chi connectivity index (χ4v) is 1.14. The maximum atomic E-state index is 12.5. The number of ether oxygens (including phenoxy) is 1. The molecule has 5 nitrogen and oxygen atoms in total. The second-order valence-corrected chi connectivity index (χ2v) is 2.95. The maximum absolute atomic E-state index is 12.5. The van der Waals surface area contributed by atoms with Crippen LogP contribution in [-0.4, -0.2) is 22.4 Å². The minimum Gasteiger partial charge on any atom is -0.462 e. The lowest BCUT2D eigenvalue weighted by Crippen LogP contribution is -2.15. The molecule has 1 rings (SSSR count). The molecular formula is C8H10F3N3O2. The number of nitrogens with zero attached hydrogens (tertiary/aromatic N) is 2. The van der Waals surface area contributed by atoms with Crippen molar-refractivity contribution in [1.29, 1.82) is 0 Å². The number of hydrogen-bond acceptors (Lipinski definition) is 4. The van der Waals surface area contributed by atoms with Crippen molar-refractivity contribution in [3.8, 4) is 0 Å². The van der Waals surface area contributed by atoms with Crippen LogP contribution in [0, 0.1) is 0 Å². The van der Waals surface area contributed by atoms with Crippen molar-refractivity contribution >= 4 is 11.8 Å². The number of carbonyl (C=O) groups is 1. The molecule has 1 heterocycles. The number of nitrogen functional groups attached to an aromatic ring is 1. The molecule has 1 aromatic heterocycles. The fourth-order valence-electron chi connectivity index (χ4n) is 1.14. The van der Waals surface area contributed by atoms with Gasteiger partial charge < -0.3 is 10.5 Å². The Morgan fingerprint density at radius 1 is 1.56 bits per heavy atom. The lowest BCUT2D eigenvalue weighted by molar-refractivity contribution is -0.142. The number of nitrogens with two attached hydrogens (primary N) is 1. The van der Waals surface area contributed by atoms with Crippen LogP contribution in [0.25, 0.3) is 0 Å². The highest BCUT2D eigenvalue weighted by molar-refractivity contribution is 5.95. The van der Waals surface area contributed by atoms with E-state index in [1.165, 1.54) is 14.0 Å². The third-order valence-corrected chi connectivity index (χ3v) is 1.84. The van der Waals surface area contributed by atoms with Gasteiger partial charge in [0.25, 0.3) is 0 Å². The summed E-state index contributed by atoms with van der Waals surface area (Å²) in [7, 11) is 1.22. The minimum atomic E-state index is -4.74. The standard InChI is InChI=1S/C8H10F3N3O2/c1-3-16-7(15)4-5(8(9,10)11)13-14(2)6(4)12/h3,12H2,1-2H3. The molecular weight excluding hydrogens is 227 g/mol. The molecule has 90 valence electrons. The van der Waals surface area contributed by atoms with Gasteiger partial charge in [-0.2, -0.15) is 18.3 Å². The largest absolute Gasteiger partial charge is 0.462 e. The lowest BCUT2D eigenvalue weighted by Gasteiger charge is -2.05. The molecule has 0 amide bonds. The van der Waals surface area contributed by atoms with Gasteiger partial charge in [-0.15, -0.1) is 0 Å². The summed E-state index contributed by atoms with van der Waals surface area (Å²) in [5.74, 6) is -1.49. The topological polar surface area (TPSA) is 70.1 Å². The number of hydrogen-bond donors (Lipinski definition) is 1. The number of rotatable bonds is 2. The SMILES string of the molecule is CCOC(=O)c1c(C(F)(F)F)nn(C)c1N. The Morgan fingerprint density at radius 2 is 2.12 bits per heavy atom. The van der Waals surface area contributed by atoms with Gasteiger partial charge in [0.15, 0.2) is 5.69 Å². The summed E-state index contributed by atoms with van der Waals surface area (Å²) in [4.78, 5) is 11.3. The number of anilines is 1. The van der Waals surface area contributed by atoms with Gasteiger partial charge in [0.05, 0.1) is 6.61 Å². The zero-order valence-electron chi connectivity index (χ0n) is 8.63. The summed E-state index contributed by atoms with van der Waals surface area (Å²) in [5, 5.41) is 3.15. The molecule has 16 heavy (non-hydrogen) atoms. The summed E-state index contributed by atoms with van der Waals surface area (Å²) in [5.41, 5.74) is 3.26. The van der Waals surface area contributed by atoms with Crippen LogP contribution < -0.4 is 5.73 Å². The highest BCUT2D eigenvalue weighted by Crippen LogP contribution is 2.33. The molecule has 0 fully saturated rings. The third kappa shape index (κ3) is 2.10. The van der Waals surface area contributed by atoms with Gasteiger partial charge in [-0.3, -0.25) is 4.68 Å². The van der Waals surface area contributed by atoms with Crippen LogP contribution in [0.2, 0.25) is 0 Å². The van der Waals surface area contributed by atoms with Crippen molar-refractivity contribution < 1.29 is 22.7 Å². The highest BCUT2D eigenvalue weighted by atomic mass is 19.4. The van der Waals surface area contributed by atoms with Gasteiger partial charge in [0.2, 0.25) is 0 Å². The first-order chi connectivity index (χ1) is 7.29. The van der Waals surface area contributed by atoms with E-state index in [1.54, 1.807) is 0 Å². The zero-order valence-corrected chi connectivity index (χ0v) is 8.63. The third-order valence-electron chi connectivity index (χ3n) is 1.84. The minimum absolute atomic E-state index is 0.0372. The fraction of sp³-hybridized carbons (Fsp3) is 0.500. The number of alkyl halides is 3. The van der Waals surface area contributed by atoms with Crippen LogP contribution >= 0.6 is 0 Å². The van der Waals surface area contributed by atoms with E-state index in [-0.39, 0.29) is 12.4 Å². The van der Waals surface area contributed by atoms with E-state index in [0.717, 1.165) is 4.68 Å². The molecule has 0 aromatic carbocycles. The second-order valence-electron chi connectivity index (χ2n) is 2.95. The molecule has 2 N–H and O–H groups in total. The lowest BCUT2D eigenvalue weighted by atomic mass is 10.2. The predicted octanol–water partition coefficient (Wildman–Crippen LogP) is 1.20. The van der Waals surface area contributed by atoms with Gasteiger partial charge in [-0.1, -0.05) is 0 Å². The van der Waals surface area contributed by atoms with E-state index >= 15 is 0 Å². The van der Waals surface area contributed by atoms with Crippen LogP contribution in [0.5, 0.6) is 0 Å². The van der Waals surface area contributed by atoms with Crippen molar-refractivity contribution in [3.05, 3.63) is 11.3 Å². The molecule has 0 radical (unpaired) electrons. The second kappa shape index (κ2) is 4.03. The molecule has 0 aliphatic carbocycles. The van der Waals surface area contributed by atoms with Gasteiger partial charge in [-0.25, -0.2) is 4.79 Å². The average Bonchev–Trinajstić information content (AvgIpc) is 2.43. The first-order valence-electron chi connectivity index (χ1n) is 4.35. The first kappa shape index (κ1) is 12.3. The van der Waals surface area contributed by atoms with E-state index in [9.17, 15) is 18.0 Å². The quantitative estimate of drug-likeness (QED) is 0.784. The molecule has 0 saturated carbocycles. The maximum Gasteiger partial charge on any atom is 0.436 e. The van der Waals surface area contributed by atoms with E-state index in [2.05, 4.69) is 9.84 Å². The summed E-state index contributed by atoms with van der Waals surface area (Å²) in [6.45, 7) is 1.45. The van der Waals surface area contributed by atoms with Gasteiger partial charge in [-0.05, 0) is 6.92 Å². The van der Waals surface area contributed by atoms with Crippen LogP contribution in [0.4, 0.5) is 19.0 Å². The Hall–Kier alpha value is -1.73. The van der Waals surface area contributed by atoms with E-state index in [1.807, 2.05) is 0 Å². The number of carbonyl (C=O) groups excluding carboxylic acids is 1. The molecule has 1 aromatic rings. The normalized spacial score (nSPS) is 11.6. The monoisotopic (exact) mass is 237 g/mol. The Bertz CT molecular complexity index is 411. The van der Waals surface area contributed by atoms with Crippen molar-refractivity contribution in [2.75, 3.05) is 12.3 Å². The Kier molecular flexibility index (Phi) is 3.11. The molecule has 0 aliphatic rings. The van der Waals surface area contributed by atoms with E-state index in [4.69, 9.17) is 5.73 Å². The van der Waals surface area contributed by atoms with Crippen LogP contribution in [0.15, 0.2) is 0 Å². The highest BCUT2D eigenvalue weighted by Gasteiger charge is 2.41. The van der Waals surface area contributed by atoms with E-state index < -0.39 is 23.4 Å². The molecule has 0 spiro atoms. The van der Waals surface area contributed by atoms with Crippen molar-refractivity contribution in [3.63, 3.8) is 0 Å². The van der Waals surface area contributed by atoms with E-state index in [0.29, 0.717) is 0 Å². The Labute approximate surface area is 89.0 Å². The summed E-state index contributed by atoms with van der Waals surface area (Å²) in [6, 6.07) is 0. The zero-order chi connectivity index (χ0) is 12.5. The predicted molar refractivity (Wildman–Crippen MR) is 48.6 cm³/mol. The molecule has 0 aliphatic heterocycles. The van der Waals surface area contributed by atoms with Gasteiger partial charge in [0.1, 0.15) is 11.4 Å². The average molecular weight is 237 g/mol. The number of aromatic nitrogens is 2. The molecule has 0 unspecified atom stereocenters. The Morgan fingerprint density at radius 3 is 2.56 bits per heavy atom. The summed E-state index contributed by atoms with van der Waals surface area (Å²) < 4.78 is 42.8. The van der Waals surface area contributed by atoms with Gasteiger partial charge >= 0.3 is 12.1 Å².